The van der Waals surface area contributed by atoms with Crippen molar-refractivity contribution in [3.8, 4) is 17.2 Å². The SMILES string of the molecule is CCOc1cc(C(=O)N(CC2CCCO2)c2nc3ccc(CC)cc3s2)cc(OCC)c1OCC. The third-order valence-electron chi connectivity index (χ3n) is 5.89. The van der Waals surface area contributed by atoms with Gasteiger partial charge in [-0.2, -0.15) is 0 Å². The lowest BCUT2D eigenvalue weighted by Crippen LogP contribution is -2.37. The molecule has 1 fully saturated rings. The summed E-state index contributed by atoms with van der Waals surface area (Å²) in [6, 6.07) is 9.75. The second-order valence-corrected chi connectivity index (χ2v) is 9.31. The van der Waals surface area contributed by atoms with Crippen molar-refractivity contribution in [3.63, 3.8) is 0 Å². The number of carbonyl (C=O) groups is 1. The highest BCUT2D eigenvalue weighted by molar-refractivity contribution is 7.22. The quantitative estimate of drug-likeness (QED) is 0.329. The second-order valence-electron chi connectivity index (χ2n) is 8.30. The van der Waals surface area contributed by atoms with Gasteiger partial charge < -0.3 is 18.9 Å². The van der Waals surface area contributed by atoms with E-state index in [1.54, 1.807) is 17.0 Å². The van der Waals surface area contributed by atoms with Gasteiger partial charge in [0.2, 0.25) is 5.75 Å². The molecule has 1 atom stereocenters. The van der Waals surface area contributed by atoms with Crippen molar-refractivity contribution < 1.29 is 23.7 Å². The van der Waals surface area contributed by atoms with E-state index < -0.39 is 0 Å². The molecule has 0 aliphatic carbocycles. The average Bonchev–Trinajstić information content (AvgIpc) is 3.53. The number of thiazole rings is 1. The number of ether oxygens (including phenoxy) is 4. The van der Waals surface area contributed by atoms with E-state index in [9.17, 15) is 4.79 Å². The highest BCUT2D eigenvalue weighted by atomic mass is 32.1. The number of aryl methyl sites for hydroxylation is 1. The van der Waals surface area contributed by atoms with Gasteiger partial charge in [0.1, 0.15) is 0 Å². The zero-order chi connectivity index (χ0) is 24.8. The number of rotatable bonds is 11. The van der Waals surface area contributed by atoms with Crippen molar-refractivity contribution in [3.05, 3.63) is 41.5 Å². The number of hydrogen-bond donors (Lipinski definition) is 0. The van der Waals surface area contributed by atoms with Crippen LogP contribution in [0.5, 0.6) is 17.2 Å². The molecule has 0 N–H and O–H groups in total. The topological polar surface area (TPSA) is 70.1 Å². The minimum atomic E-state index is -0.166. The summed E-state index contributed by atoms with van der Waals surface area (Å²) < 4.78 is 24.5. The molecular weight excluding hydrogens is 464 g/mol. The number of anilines is 1. The number of nitrogens with zero attached hydrogens (tertiary/aromatic N) is 2. The van der Waals surface area contributed by atoms with E-state index in [2.05, 4.69) is 19.1 Å². The van der Waals surface area contributed by atoms with Crippen LogP contribution in [-0.4, -0.2) is 50.0 Å². The Hall–Kier alpha value is -2.84. The second kappa shape index (κ2) is 11.7. The molecule has 2 heterocycles. The molecule has 8 heteroatoms. The number of benzene rings is 2. The Labute approximate surface area is 211 Å². The number of amides is 1. The van der Waals surface area contributed by atoms with Crippen LogP contribution in [0, 0.1) is 0 Å². The number of fused-ring (bicyclic) bond motifs is 1. The molecule has 1 aliphatic rings. The lowest BCUT2D eigenvalue weighted by Gasteiger charge is -2.24. The predicted octanol–water partition coefficient (Wildman–Crippen LogP) is 5.88. The first kappa shape index (κ1) is 25.3. The first-order valence-corrected chi connectivity index (χ1v) is 13.3. The van der Waals surface area contributed by atoms with E-state index in [1.165, 1.54) is 16.9 Å². The average molecular weight is 499 g/mol. The summed E-state index contributed by atoms with van der Waals surface area (Å²) in [5.74, 6) is 1.35. The summed E-state index contributed by atoms with van der Waals surface area (Å²) in [7, 11) is 0. The molecule has 3 aromatic rings. The zero-order valence-electron chi connectivity index (χ0n) is 21.0. The van der Waals surface area contributed by atoms with Gasteiger partial charge in [-0.1, -0.05) is 24.3 Å². The molecule has 0 spiro atoms. The molecule has 7 nitrogen and oxygen atoms in total. The molecule has 0 bridgehead atoms. The van der Waals surface area contributed by atoms with Crippen LogP contribution in [0.4, 0.5) is 5.13 Å². The van der Waals surface area contributed by atoms with Crippen LogP contribution >= 0.6 is 11.3 Å². The predicted molar refractivity (Wildman–Crippen MR) is 140 cm³/mol. The molecule has 1 unspecified atom stereocenters. The van der Waals surface area contributed by atoms with Gasteiger partial charge >= 0.3 is 0 Å². The monoisotopic (exact) mass is 498 g/mol. The van der Waals surface area contributed by atoms with E-state index in [0.717, 1.165) is 36.1 Å². The fraction of sp³-hybridized carbons (Fsp3) is 0.481. The minimum absolute atomic E-state index is 0.0161. The fourth-order valence-corrected chi connectivity index (χ4v) is 5.24. The van der Waals surface area contributed by atoms with Crippen molar-refractivity contribution in [2.75, 3.05) is 37.9 Å². The van der Waals surface area contributed by atoms with Gasteiger partial charge in [-0.25, -0.2) is 4.98 Å². The lowest BCUT2D eigenvalue weighted by atomic mass is 10.1. The third kappa shape index (κ3) is 5.70. The Bertz CT molecular complexity index is 1130. The van der Waals surface area contributed by atoms with Crippen molar-refractivity contribution in [1.29, 1.82) is 0 Å². The number of carbonyl (C=O) groups excluding carboxylic acids is 1. The van der Waals surface area contributed by atoms with E-state index in [0.29, 0.717) is 54.3 Å². The van der Waals surface area contributed by atoms with Crippen LogP contribution in [0.25, 0.3) is 10.2 Å². The standard InChI is InChI=1S/C27H34N2O5S/c1-5-18-11-12-21-24(14-18)35-27(28-21)29(17-20-10-9-13-34-20)26(30)19-15-22(31-6-2)25(33-8-4)23(16-19)32-7-3/h11-12,14-16,20H,5-10,13,17H2,1-4H3. The highest BCUT2D eigenvalue weighted by Gasteiger charge is 2.29. The smallest absolute Gasteiger partial charge is 0.260 e. The van der Waals surface area contributed by atoms with Crippen LogP contribution in [0.2, 0.25) is 0 Å². The molecule has 1 amide bonds. The molecule has 4 rings (SSSR count). The molecule has 1 saturated heterocycles. The fourth-order valence-electron chi connectivity index (χ4n) is 4.20. The molecule has 188 valence electrons. The molecule has 0 saturated carbocycles. The Kier molecular flexibility index (Phi) is 8.46. The normalized spacial score (nSPS) is 15.4. The molecular formula is C27H34N2O5S. The Morgan fingerprint density at radius 3 is 2.37 bits per heavy atom. The third-order valence-corrected chi connectivity index (χ3v) is 6.93. The molecule has 0 radical (unpaired) electrons. The van der Waals surface area contributed by atoms with Crippen LogP contribution in [0.3, 0.4) is 0 Å². The van der Waals surface area contributed by atoms with Crippen LogP contribution in [0.15, 0.2) is 30.3 Å². The van der Waals surface area contributed by atoms with Gasteiger partial charge in [-0.05, 0) is 69.9 Å². The van der Waals surface area contributed by atoms with Gasteiger partial charge in [0.15, 0.2) is 16.6 Å². The van der Waals surface area contributed by atoms with Crippen LogP contribution < -0.4 is 19.1 Å². The number of aromatic nitrogens is 1. The Morgan fingerprint density at radius 1 is 1.06 bits per heavy atom. The molecule has 1 aliphatic heterocycles. The summed E-state index contributed by atoms with van der Waals surface area (Å²) >= 11 is 1.53. The van der Waals surface area contributed by atoms with Crippen molar-refractivity contribution in [1.82, 2.24) is 4.98 Å². The van der Waals surface area contributed by atoms with E-state index >= 15 is 0 Å². The molecule has 2 aromatic carbocycles. The Balaban J connectivity index is 1.76. The first-order valence-electron chi connectivity index (χ1n) is 12.5. The van der Waals surface area contributed by atoms with Crippen LogP contribution in [-0.2, 0) is 11.2 Å². The largest absolute Gasteiger partial charge is 0.490 e. The van der Waals surface area contributed by atoms with E-state index in [1.807, 2.05) is 26.8 Å². The van der Waals surface area contributed by atoms with Gasteiger partial charge in [0.05, 0.1) is 42.7 Å². The van der Waals surface area contributed by atoms with Crippen molar-refractivity contribution in [2.45, 2.75) is 53.1 Å². The molecule has 35 heavy (non-hydrogen) atoms. The highest BCUT2D eigenvalue weighted by Crippen LogP contribution is 2.40. The van der Waals surface area contributed by atoms with Crippen molar-refractivity contribution in [2.24, 2.45) is 0 Å². The maximum Gasteiger partial charge on any atom is 0.260 e. The number of hydrogen-bond acceptors (Lipinski definition) is 7. The van der Waals surface area contributed by atoms with Gasteiger partial charge in [-0.3, -0.25) is 9.69 Å². The first-order chi connectivity index (χ1) is 17.1. The lowest BCUT2D eigenvalue weighted by molar-refractivity contribution is 0.0916. The summed E-state index contributed by atoms with van der Waals surface area (Å²) in [4.78, 5) is 20.6. The van der Waals surface area contributed by atoms with Gasteiger partial charge in [0.25, 0.3) is 5.91 Å². The summed E-state index contributed by atoms with van der Waals surface area (Å²) in [5, 5.41) is 0.665. The van der Waals surface area contributed by atoms with Gasteiger partial charge in [-0.15, -0.1) is 0 Å². The molecule has 1 aromatic heterocycles. The van der Waals surface area contributed by atoms with Crippen LogP contribution in [0.1, 0.15) is 56.5 Å². The van der Waals surface area contributed by atoms with Gasteiger partial charge in [0, 0.05) is 12.2 Å². The summed E-state index contributed by atoms with van der Waals surface area (Å²) in [6.07, 6.45) is 2.86. The van der Waals surface area contributed by atoms with E-state index in [-0.39, 0.29) is 12.0 Å². The van der Waals surface area contributed by atoms with E-state index in [4.69, 9.17) is 23.9 Å². The summed E-state index contributed by atoms with van der Waals surface area (Å²) in [5.41, 5.74) is 2.61. The maximum absolute atomic E-state index is 14.0. The zero-order valence-corrected chi connectivity index (χ0v) is 21.8. The minimum Gasteiger partial charge on any atom is -0.490 e. The van der Waals surface area contributed by atoms with Crippen molar-refractivity contribution >= 4 is 32.6 Å². The maximum atomic E-state index is 14.0. The Morgan fingerprint density at radius 2 is 1.77 bits per heavy atom. The summed E-state index contributed by atoms with van der Waals surface area (Å²) in [6.45, 7) is 10.4.